The van der Waals surface area contributed by atoms with Crippen molar-refractivity contribution in [3.05, 3.63) is 60.2 Å². The normalized spacial score (nSPS) is 13.6. The van der Waals surface area contributed by atoms with Gasteiger partial charge in [-0.15, -0.1) is 0 Å². The Balaban J connectivity index is 2.12. The second-order valence-corrected chi connectivity index (χ2v) is 4.71. The Hall–Kier alpha value is -2.00. The maximum Gasteiger partial charge on any atom is 0.138 e. The van der Waals surface area contributed by atoms with Crippen molar-refractivity contribution in [2.45, 2.75) is 26.0 Å². The van der Waals surface area contributed by atoms with E-state index in [1.54, 1.807) is 0 Å². The summed E-state index contributed by atoms with van der Waals surface area (Å²) in [5, 5.41) is 0. The molecule has 0 bridgehead atoms. The minimum absolute atomic E-state index is 0.0935. The summed E-state index contributed by atoms with van der Waals surface area (Å²) >= 11 is 0. The van der Waals surface area contributed by atoms with Crippen LogP contribution in [-0.4, -0.2) is 12.6 Å². The Bertz CT molecular complexity index is 508. The molecular weight excluding hydrogens is 250 g/mol. The van der Waals surface area contributed by atoms with E-state index < -0.39 is 0 Å². The highest BCUT2D eigenvalue weighted by Gasteiger charge is 2.17. The third-order valence-electron chi connectivity index (χ3n) is 3.00. The van der Waals surface area contributed by atoms with Gasteiger partial charge in [0.05, 0.1) is 6.61 Å². The lowest BCUT2D eigenvalue weighted by atomic mass is 10.0. The van der Waals surface area contributed by atoms with Gasteiger partial charge in [-0.1, -0.05) is 30.3 Å². The summed E-state index contributed by atoms with van der Waals surface area (Å²) in [6.45, 7) is 4.57. The maximum absolute atomic E-state index is 6.04. The Morgan fingerprint density at radius 1 is 0.950 bits per heavy atom. The van der Waals surface area contributed by atoms with Crippen LogP contribution in [0.4, 0.5) is 0 Å². The standard InChI is InChI=1S/C17H21NO2/c1-3-19-15-9-11-16(12-10-15)20-17(13(2)18)14-7-5-4-6-8-14/h4-13,17H,3,18H2,1-2H3. The molecular formula is C17H21NO2. The summed E-state index contributed by atoms with van der Waals surface area (Å²) in [6.07, 6.45) is -0.158. The molecule has 0 aliphatic heterocycles. The van der Waals surface area contributed by atoms with Gasteiger partial charge in [-0.25, -0.2) is 0 Å². The van der Waals surface area contributed by atoms with Crippen LogP contribution in [0.1, 0.15) is 25.5 Å². The molecule has 2 unspecified atom stereocenters. The molecule has 0 saturated carbocycles. The van der Waals surface area contributed by atoms with Crippen molar-refractivity contribution in [2.75, 3.05) is 6.61 Å². The van der Waals surface area contributed by atoms with Crippen LogP contribution >= 0.6 is 0 Å². The van der Waals surface area contributed by atoms with Crippen LogP contribution in [-0.2, 0) is 0 Å². The van der Waals surface area contributed by atoms with Gasteiger partial charge in [0.25, 0.3) is 0 Å². The summed E-state index contributed by atoms with van der Waals surface area (Å²) in [5.41, 5.74) is 7.12. The zero-order valence-corrected chi connectivity index (χ0v) is 12.0. The fraction of sp³-hybridized carbons (Fsp3) is 0.294. The molecule has 2 atom stereocenters. The molecule has 2 N–H and O–H groups in total. The minimum atomic E-state index is -0.158. The third-order valence-corrected chi connectivity index (χ3v) is 3.00. The highest BCUT2D eigenvalue weighted by molar-refractivity contribution is 5.32. The molecule has 2 aromatic carbocycles. The van der Waals surface area contributed by atoms with Crippen LogP contribution < -0.4 is 15.2 Å². The topological polar surface area (TPSA) is 44.5 Å². The van der Waals surface area contributed by atoms with Gasteiger partial charge in [0.15, 0.2) is 0 Å². The van der Waals surface area contributed by atoms with E-state index in [1.165, 1.54) is 0 Å². The number of nitrogens with two attached hydrogens (primary N) is 1. The molecule has 0 spiro atoms. The zero-order chi connectivity index (χ0) is 14.4. The average molecular weight is 271 g/mol. The van der Waals surface area contributed by atoms with Gasteiger partial charge in [-0.05, 0) is 43.7 Å². The predicted octanol–water partition coefficient (Wildman–Crippen LogP) is 3.55. The van der Waals surface area contributed by atoms with Crippen LogP contribution in [0, 0.1) is 0 Å². The molecule has 0 saturated heterocycles. The van der Waals surface area contributed by atoms with Gasteiger partial charge in [0, 0.05) is 6.04 Å². The molecule has 0 heterocycles. The fourth-order valence-electron chi connectivity index (χ4n) is 2.05. The summed E-state index contributed by atoms with van der Waals surface area (Å²) in [4.78, 5) is 0. The molecule has 0 aliphatic carbocycles. The van der Waals surface area contributed by atoms with E-state index in [1.807, 2.05) is 68.4 Å². The van der Waals surface area contributed by atoms with Crippen LogP contribution in [0.25, 0.3) is 0 Å². The first-order chi connectivity index (χ1) is 9.70. The van der Waals surface area contributed by atoms with E-state index >= 15 is 0 Å². The number of benzene rings is 2. The maximum atomic E-state index is 6.04. The molecule has 0 aromatic heterocycles. The molecule has 3 heteroatoms. The smallest absolute Gasteiger partial charge is 0.138 e. The molecule has 106 valence electrons. The van der Waals surface area contributed by atoms with Crippen LogP contribution in [0.3, 0.4) is 0 Å². The molecule has 0 aliphatic rings. The Morgan fingerprint density at radius 2 is 1.55 bits per heavy atom. The van der Waals surface area contributed by atoms with E-state index in [0.29, 0.717) is 6.61 Å². The van der Waals surface area contributed by atoms with E-state index in [4.69, 9.17) is 15.2 Å². The van der Waals surface area contributed by atoms with Crippen molar-refractivity contribution in [3.8, 4) is 11.5 Å². The Morgan fingerprint density at radius 3 is 2.10 bits per heavy atom. The van der Waals surface area contributed by atoms with Crippen molar-refractivity contribution >= 4 is 0 Å². The van der Waals surface area contributed by atoms with Gasteiger partial charge in [0.2, 0.25) is 0 Å². The lowest BCUT2D eigenvalue weighted by Crippen LogP contribution is -2.29. The summed E-state index contributed by atoms with van der Waals surface area (Å²) in [7, 11) is 0. The van der Waals surface area contributed by atoms with Gasteiger partial charge in [-0.2, -0.15) is 0 Å². The molecule has 2 rings (SSSR count). The fourth-order valence-corrected chi connectivity index (χ4v) is 2.05. The predicted molar refractivity (Wildman–Crippen MR) is 81.1 cm³/mol. The highest BCUT2D eigenvalue weighted by Crippen LogP contribution is 2.25. The molecule has 0 fully saturated rings. The van der Waals surface area contributed by atoms with Crippen LogP contribution in [0.5, 0.6) is 11.5 Å². The van der Waals surface area contributed by atoms with Gasteiger partial charge >= 0.3 is 0 Å². The van der Waals surface area contributed by atoms with Crippen molar-refractivity contribution in [1.29, 1.82) is 0 Å². The van der Waals surface area contributed by atoms with E-state index in [2.05, 4.69) is 0 Å². The second kappa shape index (κ2) is 6.96. The Kier molecular flexibility index (Phi) is 5.02. The number of hydrogen-bond donors (Lipinski definition) is 1. The summed E-state index contributed by atoms with van der Waals surface area (Å²) in [5.74, 6) is 1.64. The monoisotopic (exact) mass is 271 g/mol. The van der Waals surface area contributed by atoms with Crippen molar-refractivity contribution < 1.29 is 9.47 Å². The van der Waals surface area contributed by atoms with Gasteiger partial charge in [0.1, 0.15) is 17.6 Å². The highest BCUT2D eigenvalue weighted by atomic mass is 16.5. The number of ether oxygens (including phenoxy) is 2. The summed E-state index contributed by atoms with van der Waals surface area (Å²) < 4.78 is 11.4. The number of rotatable bonds is 6. The first kappa shape index (κ1) is 14.4. The van der Waals surface area contributed by atoms with Gasteiger partial charge < -0.3 is 15.2 Å². The van der Waals surface area contributed by atoms with Crippen LogP contribution in [0.2, 0.25) is 0 Å². The second-order valence-electron chi connectivity index (χ2n) is 4.71. The molecule has 0 amide bonds. The van der Waals surface area contributed by atoms with E-state index in [0.717, 1.165) is 17.1 Å². The first-order valence-corrected chi connectivity index (χ1v) is 6.90. The SMILES string of the molecule is CCOc1ccc(OC(c2ccccc2)C(C)N)cc1. The minimum Gasteiger partial charge on any atom is -0.494 e. The molecule has 3 nitrogen and oxygen atoms in total. The lowest BCUT2D eigenvalue weighted by molar-refractivity contribution is 0.180. The Labute approximate surface area is 120 Å². The van der Waals surface area contributed by atoms with Crippen molar-refractivity contribution in [2.24, 2.45) is 5.73 Å². The third kappa shape index (κ3) is 3.75. The zero-order valence-electron chi connectivity index (χ0n) is 12.0. The first-order valence-electron chi connectivity index (χ1n) is 6.90. The van der Waals surface area contributed by atoms with E-state index in [-0.39, 0.29) is 12.1 Å². The summed E-state index contributed by atoms with van der Waals surface area (Å²) in [6, 6.07) is 17.6. The van der Waals surface area contributed by atoms with Crippen molar-refractivity contribution in [1.82, 2.24) is 0 Å². The average Bonchev–Trinajstić information content (AvgIpc) is 2.47. The largest absolute Gasteiger partial charge is 0.494 e. The van der Waals surface area contributed by atoms with Gasteiger partial charge in [-0.3, -0.25) is 0 Å². The lowest BCUT2D eigenvalue weighted by Gasteiger charge is -2.23. The molecule has 20 heavy (non-hydrogen) atoms. The number of hydrogen-bond acceptors (Lipinski definition) is 3. The quantitative estimate of drug-likeness (QED) is 0.873. The molecule has 0 radical (unpaired) electrons. The van der Waals surface area contributed by atoms with Crippen LogP contribution in [0.15, 0.2) is 54.6 Å². The molecule has 2 aromatic rings. The van der Waals surface area contributed by atoms with E-state index in [9.17, 15) is 0 Å². The van der Waals surface area contributed by atoms with Crippen molar-refractivity contribution in [3.63, 3.8) is 0 Å².